The Labute approximate surface area is 110 Å². The van der Waals surface area contributed by atoms with Crippen molar-refractivity contribution >= 4 is 16.7 Å². The number of benzene rings is 1. The fraction of sp³-hybridized carbons (Fsp3) is 0.250. The zero-order valence-corrected chi connectivity index (χ0v) is 10.5. The summed E-state index contributed by atoms with van der Waals surface area (Å²) in [6, 6.07) is 8.04. The maximum Gasteiger partial charge on any atom is 0.162 e. The molecule has 1 aromatic carbocycles. The Hall–Kier alpha value is -2.16. The van der Waals surface area contributed by atoms with Gasteiger partial charge in [-0.15, -0.1) is 0 Å². The fourth-order valence-corrected chi connectivity index (χ4v) is 2.90. The molecule has 2 aliphatic rings. The van der Waals surface area contributed by atoms with Crippen LogP contribution in [0.15, 0.2) is 41.8 Å². The summed E-state index contributed by atoms with van der Waals surface area (Å²) in [6.07, 6.45) is 4.89. The quantitative estimate of drug-likeness (QED) is 0.722. The fourth-order valence-electron chi connectivity index (χ4n) is 2.90. The highest BCUT2D eigenvalue weighted by Crippen LogP contribution is 2.39. The second-order valence-corrected chi connectivity index (χ2v) is 5.09. The Balaban J connectivity index is 1.90. The van der Waals surface area contributed by atoms with Gasteiger partial charge in [-0.1, -0.05) is 18.2 Å². The van der Waals surface area contributed by atoms with E-state index >= 15 is 0 Å². The van der Waals surface area contributed by atoms with Crippen LogP contribution in [0, 0.1) is 0 Å². The molecule has 2 heterocycles. The monoisotopic (exact) mass is 251 g/mol. The minimum Gasteiger partial charge on any atom is -0.459 e. The van der Waals surface area contributed by atoms with Gasteiger partial charge in [-0.2, -0.15) is 0 Å². The smallest absolute Gasteiger partial charge is 0.162 e. The third kappa shape index (κ3) is 1.58. The van der Waals surface area contributed by atoms with E-state index < -0.39 is 0 Å². The van der Waals surface area contributed by atoms with Crippen molar-refractivity contribution in [1.82, 2.24) is 4.98 Å². The van der Waals surface area contributed by atoms with E-state index in [4.69, 9.17) is 4.74 Å². The molecular weight excluding hydrogens is 238 g/mol. The van der Waals surface area contributed by atoms with Gasteiger partial charge in [-0.25, -0.2) is 0 Å². The van der Waals surface area contributed by atoms with Crippen molar-refractivity contribution < 1.29 is 9.53 Å². The van der Waals surface area contributed by atoms with Crippen LogP contribution in [0.5, 0.6) is 5.75 Å². The van der Waals surface area contributed by atoms with Crippen molar-refractivity contribution in [3.63, 3.8) is 0 Å². The van der Waals surface area contributed by atoms with Gasteiger partial charge in [0.05, 0.1) is 0 Å². The van der Waals surface area contributed by atoms with Crippen LogP contribution in [0.1, 0.15) is 24.8 Å². The average Bonchev–Trinajstić information content (AvgIpc) is 2.46. The molecule has 0 fully saturated rings. The molecule has 0 radical (unpaired) electrons. The lowest BCUT2D eigenvalue weighted by molar-refractivity contribution is -0.116. The van der Waals surface area contributed by atoms with Crippen molar-refractivity contribution in [3.8, 4) is 5.75 Å². The number of ketones is 1. The third-order valence-corrected chi connectivity index (χ3v) is 3.88. The molecule has 1 aliphatic carbocycles. The summed E-state index contributed by atoms with van der Waals surface area (Å²) < 4.78 is 6.02. The summed E-state index contributed by atoms with van der Waals surface area (Å²) in [4.78, 5) is 16.4. The minimum atomic E-state index is 0.244. The summed E-state index contributed by atoms with van der Waals surface area (Å²) in [5.74, 6) is 1.95. The predicted octanol–water partition coefficient (Wildman–Crippen LogP) is 3.18. The van der Waals surface area contributed by atoms with Gasteiger partial charge in [-0.05, 0) is 12.5 Å². The second kappa shape index (κ2) is 3.92. The van der Waals surface area contributed by atoms with Crippen molar-refractivity contribution in [3.05, 3.63) is 47.4 Å². The Morgan fingerprint density at radius 3 is 3.05 bits per heavy atom. The normalized spacial score (nSPS) is 18.0. The van der Waals surface area contributed by atoms with Crippen LogP contribution in [0.25, 0.3) is 10.9 Å². The Bertz CT molecular complexity index is 731. The van der Waals surface area contributed by atoms with Gasteiger partial charge in [0.2, 0.25) is 0 Å². The van der Waals surface area contributed by atoms with Gasteiger partial charge in [-0.3, -0.25) is 9.78 Å². The molecule has 0 atom stereocenters. The second-order valence-electron chi connectivity index (χ2n) is 5.09. The number of rotatable bonds is 0. The zero-order chi connectivity index (χ0) is 12.8. The maximum absolute atomic E-state index is 11.9. The SMILES string of the molecule is O=C1CCCC2=C1Cc1ccc3cccnc3c1O2. The molecule has 3 nitrogen and oxygen atoms in total. The molecule has 0 spiro atoms. The minimum absolute atomic E-state index is 0.244. The van der Waals surface area contributed by atoms with E-state index in [0.29, 0.717) is 12.8 Å². The van der Waals surface area contributed by atoms with Crippen molar-refractivity contribution in [2.45, 2.75) is 25.7 Å². The predicted molar refractivity (Wildman–Crippen MR) is 72.0 cm³/mol. The van der Waals surface area contributed by atoms with E-state index in [-0.39, 0.29) is 5.78 Å². The number of carbonyl (C=O) groups is 1. The van der Waals surface area contributed by atoms with E-state index in [9.17, 15) is 4.79 Å². The summed E-state index contributed by atoms with van der Waals surface area (Å²) in [6.45, 7) is 0. The van der Waals surface area contributed by atoms with E-state index in [1.807, 2.05) is 24.3 Å². The van der Waals surface area contributed by atoms with E-state index in [1.54, 1.807) is 6.20 Å². The molecule has 0 unspecified atom stereocenters. The van der Waals surface area contributed by atoms with Crippen molar-refractivity contribution in [2.75, 3.05) is 0 Å². The van der Waals surface area contributed by atoms with Crippen LogP contribution >= 0.6 is 0 Å². The highest BCUT2D eigenvalue weighted by molar-refractivity contribution is 5.98. The molecule has 2 aromatic rings. The molecule has 1 aliphatic heterocycles. The number of nitrogens with zero attached hydrogens (tertiary/aromatic N) is 1. The first-order valence-electron chi connectivity index (χ1n) is 6.62. The van der Waals surface area contributed by atoms with Crippen molar-refractivity contribution in [2.24, 2.45) is 0 Å². The molecule has 1 aromatic heterocycles. The lowest BCUT2D eigenvalue weighted by atomic mass is 9.89. The molecular formula is C16H13NO2. The van der Waals surface area contributed by atoms with E-state index in [1.165, 1.54) is 0 Å². The third-order valence-electron chi connectivity index (χ3n) is 3.88. The van der Waals surface area contributed by atoms with Gasteiger partial charge < -0.3 is 4.74 Å². The first-order valence-corrected chi connectivity index (χ1v) is 6.62. The lowest BCUT2D eigenvalue weighted by Crippen LogP contribution is -2.21. The average molecular weight is 251 g/mol. The Kier molecular flexibility index (Phi) is 2.21. The molecule has 0 bridgehead atoms. The van der Waals surface area contributed by atoms with Crippen LogP contribution in [0.2, 0.25) is 0 Å². The van der Waals surface area contributed by atoms with Crippen LogP contribution in [0.4, 0.5) is 0 Å². The number of Topliss-reactive ketones (excluding diaryl/α,β-unsaturated/α-hetero) is 1. The number of carbonyl (C=O) groups excluding carboxylic acids is 1. The summed E-state index contributed by atoms with van der Waals surface area (Å²) >= 11 is 0. The number of fused-ring (bicyclic) bond motifs is 3. The number of pyridine rings is 1. The number of hydrogen-bond acceptors (Lipinski definition) is 3. The topological polar surface area (TPSA) is 39.2 Å². The summed E-state index contributed by atoms with van der Waals surface area (Å²) in [7, 11) is 0. The number of ether oxygens (including phenoxy) is 1. The van der Waals surface area contributed by atoms with Gasteiger partial charge in [0.1, 0.15) is 11.3 Å². The highest BCUT2D eigenvalue weighted by Gasteiger charge is 2.28. The number of aromatic nitrogens is 1. The highest BCUT2D eigenvalue weighted by atomic mass is 16.5. The summed E-state index contributed by atoms with van der Waals surface area (Å²) in [5, 5.41) is 1.08. The van der Waals surface area contributed by atoms with Gasteiger partial charge in [0.25, 0.3) is 0 Å². The van der Waals surface area contributed by atoms with Gasteiger partial charge in [0, 0.05) is 42.0 Å². The zero-order valence-electron chi connectivity index (χ0n) is 10.5. The number of hydrogen-bond donors (Lipinski definition) is 0. The van der Waals surface area contributed by atoms with Crippen LogP contribution in [-0.2, 0) is 11.2 Å². The molecule has 4 rings (SSSR count). The van der Waals surface area contributed by atoms with Gasteiger partial charge >= 0.3 is 0 Å². The molecule has 0 N–H and O–H groups in total. The lowest BCUT2D eigenvalue weighted by Gasteiger charge is -2.26. The Morgan fingerprint density at radius 2 is 2.11 bits per heavy atom. The molecule has 19 heavy (non-hydrogen) atoms. The molecule has 0 saturated carbocycles. The van der Waals surface area contributed by atoms with Crippen molar-refractivity contribution in [1.29, 1.82) is 0 Å². The van der Waals surface area contributed by atoms with E-state index in [0.717, 1.165) is 46.4 Å². The number of allylic oxidation sites excluding steroid dienone is 2. The molecule has 0 saturated heterocycles. The van der Waals surface area contributed by atoms with E-state index in [2.05, 4.69) is 4.98 Å². The van der Waals surface area contributed by atoms with Crippen LogP contribution in [0.3, 0.4) is 0 Å². The molecule has 3 heteroatoms. The first-order chi connectivity index (χ1) is 9.33. The molecule has 0 amide bonds. The largest absolute Gasteiger partial charge is 0.459 e. The maximum atomic E-state index is 11.9. The Morgan fingerprint density at radius 1 is 1.16 bits per heavy atom. The van der Waals surface area contributed by atoms with Gasteiger partial charge in [0.15, 0.2) is 11.5 Å². The first kappa shape index (κ1) is 10.7. The van der Waals surface area contributed by atoms with Crippen LogP contribution in [-0.4, -0.2) is 10.8 Å². The molecule has 94 valence electrons. The van der Waals surface area contributed by atoms with Crippen LogP contribution < -0.4 is 4.74 Å². The summed E-state index contributed by atoms with van der Waals surface area (Å²) in [5.41, 5.74) is 2.83. The standard InChI is InChI=1S/C16H13NO2/c18-13-4-1-5-14-12(13)9-11-7-6-10-3-2-8-17-15(10)16(11)19-14/h2-3,6-8H,1,4-5,9H2.